The van der Waals surface area contributed by atoms with Gasteiger partial charge in [-0.1, -0.05) is 19.8 Å². The van der Waals surface area contributed by atoms with Gasteiger partial charge in [0.15, 0.2) is 0 Å². The lowest BCUT2D eigenvalue weighted by Crippen LogP contribution is -2.20. The highest BCUT2D eigenvalue weighted by molar-refractivity contribution is 6.05. The SMILES string of the molecule is CCCCc1cc(=O)[nH]c2c(C(=O)O)c(OCC3CCC3)ccc12. The number of ether oxygens (including phenoxy) is 1. The van der Waals surface area contributed by atoms with E-state index >= 15 is 0 Å². The second kappa shape index (κ2) is 7.07. The zero-order valence-corrected chi connectivity index (χ0v) is 13.9. The average molecular weight is 329 g/mol. The van der Waals surface area contributed by atoms with Gasteiger partial charge in [0, 0.05) is 11.5 Å². The third-order valence-electron chi connectivity index (χ3n) is 4.78. The van der Waals surface area contributed by atoms with Gasteiger partial charge >= 0.3 is 5.97 Å². The van der Waals surface area contributed by atoms with Crippen molar-refractivity contribution in [2.75, 3.05) is 6.61 Å². The molecule has 0 radical (unpaired) electrons. The molecule has 1 aliphatic rings. The number of hydrogen-bond acceptors (Lipinski definition) is 3. The van der Waals surface area contributed by atoms with Crippen molar-refractivity contribution in [2.45, 2.75) is 45.4 Å². The van der Waals surface area contributed by atoms with Crippen LogP contribution < -0.4 is 10.3 Å². The minimum Gasteiger partial charge on any atom is -0.492 e. The molecule has 1 saturated carbocycles. The molecule has 0 unspecified atom stereocenters. The second-order valence-electron chi connectivity index (χ2n) is 6.54. The number of hydrogen-bond donors (Lipinski definition) is 2. The van der Waals surface area contributed by atoms with Gasteiger partial charge in [0.1, 0.15) is 11.3 Å². The Morgan fingerprint density at radius 2 is 2.17 bits per heavy atom. The van der Waals surface area contributed by atoms with Crippen LogP contribution in [0.3, 0.4) is 0 Å². The van der Waals surface area contributed by atoms with E-state index in [1.54, 1.807) is 12.1 Å². The molecule has 1 aliphatic carbocycles. The molecular weight excluding hydrogens is 306 g/mol. The normalized spacial score (nSPS) is 14.5. The first-order valence-electron chi connectivity index (χ1n) is 8.65. The number of carboxylic acid groups (broad SMARTS) is 1. The molecule has 1 fully saturated rings. The molecule has 0 atom stereocenters. The van der Waals surface area contributed by atoms with Crippen molar-refractivity contribution in [3.05, 3.63) is 39.7 Å². The number of aromatic amines is 1. The fourth-order valence-corrected chi connectivity index (χ4v) is 3.15. The van der Waals surface area contributed by atoms with Crippen LogP contribution in [0.25, 0.3) is 10.9 Å². The summed E-state index contributed by atoms with van der Waals surface area (Å²) in [5, 5.41) is 10.4. The Morgan fingerprint density at radius 3 is 2.79 bits per heavy atom. The fraction of sp³-hybridized carbons (Fsp3) is 0.474. The Kier molecular flexibility index (Phi) is 4.88. The lowest BCUT2D eigenvalue weighted by atomic mass is 9.86. The summed E-state index contributed by atoms with van der Waals surface area (Å²) in [5.41, 5.74) is 1.05. The molecule has 1 heterocycles. The number of aromatic nitrogens is 1. The minimum atomic E-state index is -1.08. The van der Waals surface area contributed by atoms with E-state index in [2.05, 4.69) is 11.9 Å². The zero-order chi connectivity index (χ0) is 17.1. The number of nitrogens with one attached hydrogen (secondary N) is 1. The van der Waals surface area contributed by atoms with E-state index in [0.717, 1.165) is 43.1 Å². The topological polar surface area (TPSA) is 79.4 Å². The van der Waals surface area contributed by atoms with E-state index in [-0.39, 0.29) is 11.1 Å². The van der Waals surface area contributed by atoms with Gasteiger partial charge in [-0.25, -0.2) is 4.79 Å². The Bertz CT molecular complexity index is 805. The quantitative estimate of drug-likeness (QED) is 0.811. The summed E-state index contributed by atoms with van der Waals surface area (Å²) in [4.78, 5) is 26.5. The number of aryl methyl sites for hydroxylation is 1. The summed E-state index contributed by atoms with van der Waals surface area (Å²) in [6.45, 7) is 2.62. The van der Waals surface area contributed by atoms with Crippen molar-refractivity contribution in [3.8, 4) is 5.75 Å². The number of carbonyl (C=O) groups is 1. The highest BCUT2D eigenvalue weighted by Gasteiger charge is 2.22. The number of fused-ring (bicyclic) bond motifs is 1. The summed E-state index contributed by atoms with van der Waals surface area (Å²) in [6, 6.07) is 5.15. The largest absolute Gasteiger partial charge is 0.492 e. The van der Waals surface area contributed by atoms with Crippen LogP contribution in [0, 0.1) is 5.92 Å². The predicted octanol–water partition coefficient (Wildman–Crippen LogP) is 3.75. The van der Waals surface area contributed by atoms with Crippen LogP contribution in [0.2, 0.25) is 0 Å². The molecule has 24 heavy (non-hydrogen) atoms. The summed E-state index contributed by atoms with van der Waals surface area (Å²) in [7, 11) is 0. The van der Waals surface area contributed by atoms with Gasteiger partial charge in [-0.3, -0.25) is 4.79 Å². The molecule has 0 saturated heterocycles. The summed E-state index contributed by atoms with van der Waals surface area (Å²) >= 11 is 0. The maximum atomic E-state index is 12.0. The monoisotopic (exact) mass is 329 g/mol. The van der Waals surface area contributed by atoms with Crippen LogP contribution in [-0.4, -0.2) is 22.7 Å². The van der Waals surface area contributed by atoms with Gasteiger partial charge < -0.3 is 14.8 Å². The standard InChI is InChI=1S/C19H23NO4/c1-2-3-7-13-10-16(21)20-18-14(13)8-9-15(17(18)19(22)23)24-11-12-5-4-6-12/h8-10,12H,2-7,11H2,1H3,(H,20,21)(H,22,23). The third-order valence-corrected chi connectivity index (χ3v) is 4.78. The molecule has 0 spiro atoms. The Hall–Kier alpha value is -2.30. The molecule has 1 aromatic heterocycles. The average Bonchev–Trinajstić information content (AvgIpc) is 2.50. The molecule has 1 aromatic carbocycles. The van der Waals surface area contributed by atoms with Gasteiger partial charge in [-0.05, 0) is 49.3 Å². The van der Waals surface area contributed by atoms with Crippen LogP contribution in [0.15, 0.2) is 23.0 Å². The van der Waals surface area contributed by atoms with Gasteiger partial charge in [-0.15, -0.1) is 0 Å². The first-order chi connectivity index (χ1) is 11.6. The summed E-state index contributed by atoms with van der Waals surface area (Å²) in [5.74, 6) is -0.227. The lowest BCUT2D eigenvalue weighted by molar-refractivity contribution is 0.0692. The van der Waals surface area contributed by atoms with Crippen molar-refractivity contribution in [1.29, 1.82) is 0 Å². The lowest BCUT2D eigenvalue weighted by Gasteiger charge is -2.25. The molecular formula is C19H23NO4. The number of unbranched alkanes of at least 4 members (excludes halogenated alkanes) is 1. The van der Waals surface area contributed by atoms with Crippen LogP contribution in [-0.2, 0) is 6.42 Å². The predicted molar refractivity (Wildman–Crippen MR) is 93.0 cm³/mol. The van der Waals surface area contributed by atoms with Crippen molar-refractivity contribution in [1.82, 2.24) is 4.98 Å². The van der Waals surface area contributed by atoms with Gasteiger partial charge in [0.25, 0.3) is 0 Å². The summed E-state index contributed by atoms with van der Waals surface area (Å²) in [6.07, 6.45) is 6.22. The molecule has 3 rings (SSSR count). The number of pyridine rings is 1. The van der Waals surface area contributed by atoms with Gasteiger partial charge in [-0.2, -0.15) is 0 Å². The number of aromatic carboxylic acids is 1. The van der Waals surface area contributed by atoms with Crippen molar-refractivity contribution >= 4 is 16.9 Å². The maximum absolute atomic E-state index is 12.0. The van der Waals surface area contributed by atoms with E-state index in [0.29, 0.717) is 23.8 Å². The van der Waals surface area contributed by atoms with Crippen LogP contribution in [0.1, 0.15) is 54.9 Å². The van der Waals surface area contributed by atoms with Crippen molar-refractivity contribution in [3.63, 3.8) is 0 Å². The smallest absolute Gasteiger partial charge is 0.341 e. The van der Waals surface area contributed by atoms with Crippen LogP contribution in [0.5, 0.6) is 5.75 Å². The molecule has 0 amide bonds. The number of H-pyrrole nitrogens is 1. The molecule has 128 valence electrons. The second-order valence-corrected chi connectivity index (χ2v) is 6.54. The van der Waals surface area contributed by atoms with Crippen LogP contribution in [0.4, 0.5) is 0 Å². The Labute approximate surface area is 140 Å². The van der Waals surface area contributed by atoms with Gasteiger partial charge in [0.05, 0.1) is 12.1 Å². The van der Waals surface area contributed by atoms with Crippen molar-refractivity contribution in [2.24, 2.45) is 5.92 Å². The van der Waals surface area contributed by atoms with E-state index in [4.69, 9.17) is 4.74 Å². The number of benzene rings is 1. The molecule has 2 N–H and O–H groups in total. The van der Waals surface area contributed by atoms with E-state index < -0.39 is 5.97 Å². The fourth-order valence-electron chi connectivity index (χ4n) is 3.15. The molecule has 5 heteroatoms. The van der Waals surface area contributed by atoms with Gasteiger partial charge in [0.2, 0.25) is 5.56 Å². The molecule has 5 nitrogen and oxygen atoms in total. The molecule has 2 aromatic rings. The maximum Gasteiger partial charge on any atom is 0.341 e. The highest BCUT2D eigenvalue weighted by Crippen LogP contribution is 2.31. The third kappa shape index (κ3) is 3.30. The Morgan fingerprint density at radius 1 is 1.38 bits per heavy atom. The number of rotatable bonds is 7. The first-order valence-corrected chi connectivity index (χ1v) is 8.65. The molecule has 0 aliphatic heterocycles. The van der Waals surface area contributed by atoms with Crippen molar-refractivity contribution < 1.29 is 14.6 Å². The number of carboxylic acids is 1. The van der Waals surface area contributed by atoms with E-state index in [1.807, 2.05) is 6.07 Å². The Balaban J connectivity index is 2.05. The minimum absolute atomic E-state index is 0.0577. The molecule has 0 bridgehead atoms. The summed E-state index contributed by atoms with van der Waals surface area (Å²) < 4.78 is 5.77. The van der Waals surface area contributed by atoms with E-state index in [1.165, 1.54) is 6.42 Å². The highest BCUT2D eigenvalue weighted by atomic mass is 16.5. The zero-order valence-electron chi connectivity index (χ0n) is 13.9. The van der Waals surface area contributed by atoms with Crippen LogP contribution >= 0.6 is 0 Å². The first kappa shape index (κ1) is 16.6. The van der Waals surface area contributed by atoms with E-state index in [9.17, 15) is 14.7 Å².